The maximum absolute atomic E-state index is 13.2. The van der Waals surface area contributed by atoms with Crippen molar-refractivity contribution in [1.29, 1.82) is 0 Å². The largest absolute Gasteiger partial charge is 0.480 e. The first-order valence-electron chi connectivity index (χ1n) is 9.22. The summed E-state index contributed by atoms with van der Waals surface area (Å²) in [6.07, 6.45) is 1.08. The summed E-state index contributed by atoms with van der Waals surface area (Å²) in [5.74, 6) is 0.493. The number of amides is 1. The van der Waals surface area contributed by atoms with Crippen LogP contribution < -0.4 is 14.8 Å². The molecule has 1 saturated heterocycles. The van der Waals surface area contributed by atoms with Gasteiger partial charge in [0.05, 0.1) is 18.6 Å². The molecular weight excluding hydrogens is 396 g/mol. The number of carbonyl (C=O) groups is 1. The van der Waals surface area contributed by atoms with Gasteiger partial charge in [0.1, 0.15) is 6.10 Å². The number of sulfonamides is 1. The van der Waals surface area contributed by atoms with E-state index in [1.165, 1.54) is 24.4 Å². The van der Waals surface area contributed by atoms with Gasteiger partial charge in [-0.2, -0.15) is 4.31 Å². The third kappa shape index (κ3) is 5.01. The van der Waals surface area contributed by atoms with Crippen LogP contribution in [-0.2, 0) is 14.8 Å². The molecule has 1 aliphatic heterocycles. The number of hydrogen-bond donors (Lipinski definition) is 1. The number of nitrogens with one attached hydrogen (secondary N) is 1. The Bertz CT molecular complexity index is 979. The Morgan fingerprint density at radius 2 is 1.93 bits per heavy atom. The Labute approximate surface area is 170 Å². The average molecular weight is 420 g/mol. The molecule has 1 aromatic carbocycles. The molecule has 1 amide bonds. The van der Waals surface area contributed by atoms with Gasteiger partial charge in [-0.1, -0.05) is 0 Å². The fourth-order valence-electron chi connectivity index (χ4n) is 3.23. The summed E-state index contributed by atoms with van der Waals surface area (Å²) in [6, 6.07) is 8.05. The first-order valence-corrected chi connectivity index (χ1v) is 10.7. The van der Waals surface area contributed by atoms with Crippen LogP contribution in [0.25, 0.3) is 0 Å². The van der Waals surface area contributed by atoms with Crippen LogP contribution in [0.15, 0.2) is 35.2 Å². The van der Waals surface area contributed by atoms with E-state index in [0.717, 1.165) is 6.42 Å². The van der Waals surface area contributed by atoms with Crippen molar-refractivity contribution in [3.05, 3.63) is 35.9 Å². The Hall–Kier alpha value is -2.72. The van der Waals surface area contributed by atoms with Crippen LogP contribution >= 0.6 is 0 Å². The zero-order valence-corrected chi connectivity index (χ0v) is 17.4. The van der Waals surface area contributed by atoms with E-state index in [1.54, 1.807) is 31.2 Å². The monoisotopic (exact) mass is 420 g/mol. The van der Waals surface area contributed by atoms with Gasteiger partial charge >= 0.3 is 0 Å². The van der Waals surface area contributed by atoms with Gasteiger partial charge in [-0.05, 0) is 43.5 Å². The molecule has 1 N–H and O–H groups in total. The van der Waals surface area contributed by atoms with Crippen molar-refractivity contribution in [2.24, 2.45) is 0 Å². The molecule has 9 nitrogen and oxygen atoms in total. The van der Waals surface area contributed by atoms with E-state index in [9.17, 15) is 13.2 Å². The fraction of sp³-hybridized carbons (Fsp3) is 0.421. The highest BCUT2D eigenvalue weighted by atomic mass is 32.2. The minimum atomic E-state index is -3.69. The molecule has 1 atom stereocenters. The third-order valence-corrected chi connectivity index (χ3v) is 6.59. The van der Waals surface area contributed by atoms with Crippen LogP contribution in [0.3, 0.4) is 0 Å². The molecule has 0 aliphatic carbocycles. The minimum absolute atomic E-state index is 0.211. The summed E-state index contributed by atoms with van der Waals surface area (Å²) in [4.78, 5) is 11.4. The van der Waals surface area contributed by atoms with E-state index in [0.29, 0.717) is 36.0 Å². The lowest BCUT2D eigenvalue weighted by atomic mass is 10.1. The predicted molar refractivity (Wildman–Crippen MR) is 106 cm³/mol. The third-order valence-electron chi connectivity index (χ3n) is 4.57. The first kappa shape index (κ1) is 21.0. The Morgan fingerprint density at radius 3 is 2.55 bits per heavy atom. The Morgan fingerprint density at radius 1 is 1.21 bits per heavy atom. The van der Waals surface area contributed by atoms with Crippen LogP contribution in [0.4, 0.5) is 5.69 Å². The molecule has 2 heterocycles. The van der Waals surface area contributed by atoms with E-state index in [4.69, 9.17) is 9.47 Å². The van der Waals surface area contributed by atoms with Crippen molar-refractivity contribution < 1.29 is 22.7 Å². The molecule has 2 aromatic rings. The highest BCUT2D eigenvalue weighted by Gasteiger charge is 2.32. The summed E-state index contributed by atoms with van der Waals surface area (Å²) < 4.78 is 38.5. The number of aromatic nitrogens is 2. The number of rotatable bonds is 6. The second-order valence-corrected chi connectivity index (χ2v) is 8.73. The second kappa shape index (κ2) is 8.75. The average Bonchev–Trinajstić information content (AvgIpc) is 2.68. The molecule has 0 bridgehead atoms. The topological polar surface area (TPSA) is 111 Å². The smallest absolute Gasteiger partial charge is 0.243 e. The standard InChI is InChI=1S/C19H24N4O5S/c1-13-11-15(20-14(2)24)6-7-17(13)29(25,26)23-10-4-5-16(12-23)28-19-9-8-18(27-3)21-22-19/h6-9,11,16H,4-5,10,12H2,1-3H3,(H,20,24). The van der Waals surface area contributed by atoms with Gasteiger partial charge in [0.2, 0.25) is 27.7 Å². The molecule has 0 spiro atoms. The zero-order valence-electron chi connectivity index (χ0n) is 16.6. The number of methoxy groups -OCH3 is 1. The van der Waals surface area contributed by atoms with Crippen molar-refractivity contribution in [3.8, 4) is 11.8 Å². The van der Waals surface area contributed by atoms with Gasteiger partial charge in [-0.3, -0.25) is 4.79 Å². The highest BCUT2D eigenvalue weighted by Crippen LogP contribution is 2.27. The number of hydrogen-bond acceptors (Lipinski definition) is 7. The molecule has 1 aromatic heterocycles. The Kier molecular flexibility index (Phi) is 6.33. The maximum atomic E-state index is 13.2. The van der Waals surface area contributed by atoms with E-state index in [-0.39, 0.29) is 23.5 Å². The van der Waals surface area contributed by atoms with Crippen molar-refractivity contribution in [3.63, 3.8) is 0 Å². The van der Waals surface area contributed by atoms with Crippen molar-refractivity contribution >= 4 is 21.6 Å². The van der Waals surface area contributed by atoms with Crippen molar-refractivity contribution in [2.45, 2.75) is 37.7 Å². The van der Waals surface area contributed by atoms with Gasteiger partial charge in [0.15, 0.2) is 0 Å². The van der Waals surface area contributed by atoms with Crippen molar-refractivity contribution in [1.82, 2.24) is 14.5 Å². The minimum Gasteiger partial charge on any atom is -0.480 e. The van der Waals surface area contributed by atoms with Gasteiger partial charge < -0.3 is 14.8 Å². The lowest BCUT2D eigenvalue weighted by Crippen LogP contribution is -2.44. The molecule has 10 heteroatoms. The molecule has 0 radical (unpaired) electrons. The van der Waals surface area contributed by atoms with Crippen molar-refractivity contribution in [2.75, 3.05) is 25.5 Å². The number of anilines is 1. The highest BCUT2D eigenvalue weighted by molar-refractivity contribution is 7.89. The number of aryl methyl sites for hydroxylation is 1. The van der Waals surface area contributed by atoms with Gasteiger partial charge in [0, 0.05) is 31.3 Å². The van der Waals surface area contributed by atoms with E-state index in [1.807, 2.05) is 0 Å². The van der Waals surface area contributed by atoms with Crippen LogP contribution in [0, 0.1) is 6.92 Å². The Balaban J connectivity index is 1.73. The molecule has 1 aliphatic rings. The second-order valence-electron chi connectivity index (χ2n) is 6.82. The number of piperidine rings is 1. The van der Waals surface area contributed by atoms with Crippen LogP contribution in [0.1, 0.15) is 25.3 Å². The van der Waals surface area contributed by atoms with Crippen LogP contribution in [-0.4, -0.2) is 55.1 Å². The summed E-state index contributed by atoms with van der Waals surface area (Å²) in [6.45, 7) is 3.76. The fourth-order valence-corrected chi connectivity index (χ4v) is 4.94. The van der Waals surface area contributed by atoms with Gasteiger partial charge in [-0.15, -0.1) is 10.2 Å². The molecular formula is C19H24N4O5S. The van der Waals surface area contributed by atoms with E-state index < -0.39 is 10.0 Å². The molecule has 1 fully saturated rings. The number of benzene rings is 1. The summed E-state index contributed by atoms with van der Waals surface area (Å²) in [5, 5.41) is 10.5. The molecule has 156 valence electrons. The van der Waals surface area contributed by atoms with Gasteiger partial charge in [0.25, 0.3) is 0 Å². The summed E-state index contributed by atoms with van der Waals surface area (Å²) in [5.41, 5.74) is 1.13. The number of carbonyl (C=O) groups excluding carboxylic acids is 1. The summed E-state index contributed by atoms with van der Waals surface area (Å²) >= 11 is 0. The maximum Gasteiger partial charge on any atom is 0.243 e. The number of nitrogens with zero attached hydrogens (tertiary/aromatic N) is 3. The van der Waals surface area contributed by atoms with Crippen LogP contribution in [0.2, 0.25) is 0 Å². The lowest BCUT2D eigenvalue weighted by molar-refractivity contribution is -0.114. The molecule has 3 rings (SSSR count). The van der Waals surface area contributed by atoms with Gasteiger partial charge in [-0.25, -0.2) is 8.42 Å². The normalized spacial score (nSPS) is 17.6. The lowest BCUT2D eigenvalue weighted by Gasteiger charge is -2.32. The van der Waals surface area contributed by atoms with Crippen LogP contribution in [0.5, 0.6) is 11.8 Å². The van der Waals surface area contributed by atoms with E-state index >= 15 is 0 Å². The zero-order chi connectivity index (χ0) is 21.0. The SMILES string of the molecule is COc1ccc(OC2CCCN(S(=O)(=O)c3ccc(NC(C)=O)cc3C)C2)nn1. The summed E-state index contributed by atoms with van der Waals surface area (Å²) in [7, 11) is -2.19. The number of ether oxygens (including phenoxy) is 2. The quantitative estimate of drug-likeness (QED) is 0.761. The molecule has 29 heavy (non-hydrogen) atoms. The molecule has 0 saturated carbocycles. The first-order chi connectivity index (χ1) is 13.8. The predicted octanol–water partition coefficient (Wildman–Crippen LogP) is 1.98. The van der Waals surface area contributed by atoms with E-state index in [2.05, 4.69) is 15.5 Å². The molecule has 1 unspecified atom stereocenters.